The lowest BCUT2D eigenvalue weighted by Gasteiger charge is -2.32. The number of hydrogen-bond donors (Lipinski definition) is 1. The molecular formula is C20H27N3O2S. The number of pyridine rings is 1. The molecule has 1 aliphatic rings. The molecule has 0 unspecified atom stereocenters. The lowest BCUT2D eigenvalue weighted by Crippen LogP contribution is -2.33. The summed E-state index contributed by atoms with van der Waals surface area (Å²) in [4.78, 5) is 6.97. The minimum atomic E-state index is -3.62. The van der Waals surface area contributed by atoms with Crippen molar-refractivity contribution >= 4 is 21.5 Å². The molecule has 1 fully saturated rings. The summed E-state index contributed by atoms with van der Waals surface area (Å²) in [6, 6.07) is 9.51. The van der Waals surface area contributed by atoms with Crippen LogP contribution >= 0.6 is 0 Å². The molecule has 5 nitrogen and oxygen atoms in total. The number of aryl methyl sites for hydroxylation is 2. The van der Waals surface area contributed by atoms with Crippen LogP contribution in [0.25, 0.3) is 0 Å². The lowest BCUT2D eigenvalue weighted by molar-refractivity contribution is 0.426. The second-order valence-electron chi connectivity index (χ2n) is 7.18. The summed E-state index contributed by atoms with van der Waals surface area (Å²) in [7, 11) is -1.55. The number of nitrogens with one attached hydrogen (secondary N) is 1. The lowest BCUT2D eigenvalue weighted by atomic mass is 9.94. The van der Waals surface area contributed by atoms with Crippen molar-refractivity contribution in [3.8, 4) is 0 Å². The van der Waals surface area contributed by atoms with Crippen LogP contribution in [0, 0.1) is 13.8 Å². The molecule has 1 saturated carbocycles. The largest absolute Gasteiger partial charge is 0.357 e. The fourth-order valence-corrected chi connectivity index (χ4v) is 4.89. The minimum absolute atomic E-state index is 0.298. The van der Waals surface area contributed by atoms with E-state index < -0.39 is 10.0 Å². The molecule has 140 valence electrons. The normalized spacial score (nSPS) is 15.7. The van der Waals surface area contributed by atoms with Crippen molar-refractivity contribution in [2.24, 2.45) is 0 Å². The number of nitrogens with zero attached hydrogens (tertiary/aromatic N) is 2. The van der Waals surface area contributed by atoms with E-state index in [0.717, 1.165) is 16.9 Å². The molecule has 6 heteroatoms. The summed E-state index contributed by atoms with van der Waals surface area (Å²) in [6.45, 7) is 3.75. The average molecular weight is 374 g/mol. The standard InChI is InChI=1S/C20H27N3O2S/c1-15-9-11-19(16(2)13-15)26(24,25)22-17-10-12-20(21-14-17)23(3)18-7-5-4-6-8-18/h9-14,18,22H,4-8H2,1-3H3. The predicted molar refractivity (Wildman–Crippen MR) is 106 cm³/mol. The summed E-state index contributed by atoms with van der Waals surface area (Å²) in [5, 5.41) is 0. The first-order valence-corrected chi connectivity index (χ1v) is 10.6. The Morgan fingerprint density at radius 1 is 1.08 bits per heavy atom. The van der Waals surface area contributed by atoms with E-state index in [1.54, 1.807) is 18.3 Å². The zero-order valence-electron chi connectivity index (χ0n) is 15.7. The molecule has 1 aromatic heterocycles. The van der Waals surface area contributed by atoms with Crippen molar-refractivity contribution in [1.82, 2.24) is 4.98 Å². The Balaban J connectivity index is 1.74. The van der Waals surface area contributed by atoms with Gasteiger partial charge in [0.1, 0.15) is 5.82 Å². The summed E-state index contributed by atoms with van der Waals surface area (Å²) >= 11 is 0. The van der Waals surface area contributed by atoms with E-state index in [9.17, 15) is 8.42 Å². The van der Waals surface area contributed by atoms with Gasteiger partial charge in [-0.3, -0.25) is 4.72 Å². The molecule has 0 radical (unpaired) electrons. The molecule has 3 rings (SSSR count). The van der Waals surface area contributed by atoms with Crippen molar-refractivity contribution in [2.45, 2.75) is 56.9 Å². The molecule has 1 heterocycles. The van der Waals surface area contributed by atoms with Crippen molar-refractivity contribution in [2.75, 3.05) is 16.7 Å². The van der Waals surface area contributed by atoms with Gasteiger partial charge in [-0.15, -0.1) is 0 Å². The van der Waals surface area contributed by atoms with Crippen LogP contribution in [-0.2, 0) is 10.0 Å². The minimum Gasteiger partial charge on any atom is -0.357 e. The van der Waals surface area contributed by atoms with Crippen LogP contribution in [0.1, 0.15) is 43.2 Å². The number of anilines is 2. The van der Waals surface area contributed by atoms with Crippen molar-refractivity contribution in [3.63, 3.8) is 0 Å². The number of rotatable bonds is 5. The quantitative estimate of drug-likeness (QED) is 0.850. The van der Waals surface area contributed by atoms with Crippen LogP contribution in [0.3, 0.4) is 0 Å². The van der Waals surface area contributed by atoms with Gasteiger partial charge in [-0.1, -0.05) is 37.0 Å². The van der Waals surface area contributed by atoms with E-state index >= 15 is 0 Å². The van der Waals surface area contributed by atoms with Crippen LogP contribution in [0.15, 0.2) is 41.4 Å². The smallest absolute Gasteiger partial charge is 0.262 e. The van der Waals surface area contributed by atoms with Gasteiger partial charge >= 0.3 is 0 Å². The van der Waals surface area contributed by atoms with E-state index in [0.29, 0.717) is 16.6 Å². The molecule has 0 amide bonds. The van der Waals surface area contributed by atoms with Gasteiger partial charge in [0.25, 0.3) is 10.0 Å². The molecule has 1 aromatic carbocycles. The maximum Gasteiger partial charge on any atom is 0.262 e. The Hall–Kier alpha value is -2.08. The Kier molecular flexibility index (Phi) is 5.51. The molecule has 0 atom stereocenters. The highest BCUT2D eigenvalue weighted by molar-refractivity contribution is 7.92. The zero-order valence-corrected chi connectivity index (χ0v) is 16.5. The van der Waals surface area contributed by atoms with E-state index in [-0.39, 0.29) is 0 Å². The Bertz CT molecular complexity index is 857. The van der Waals surface area contributed by atoms with E-state index in [1.165, 1.54) is 32.1 Å². The topological polar surface area (TPSA) is 62.3 Å². The first kappa shape index (κ1) is 18.7. The van der Waals surface area contributed by atoms with E-state index in [1.807, 2.05) is 32.0 Å². The maximum absolute atomic E-state index is 12.7. The maximum atomic E-state index is 12.7. The van der Waals surface area contributed by atoms with Gasteiger partial charge in [-0.25, -0.2) is 13.4 Å². The van der Waals surface area contributed by atoms with Crippen LogP contribution in [0.5, 0.6) is 0 Å². The first-order valence-electron chi connectivity index (χ1n) is 9.16. The average Bonchev–Trinajstić information content (AvgIpc) is 2.62. The number of sulfonamides is 1. The van der Waals surface area contributed by atoms with E-state index in [4.69, 9.17) is 0 Å². The second kappa shape index (κ2) is 7.66. The molecule has 1 N–H and O–H groups in total. The predicted octanol–water partition coefficient (Wildman–Crippen LogP) is 4.27. The molecule has 26 heavy (non-hydrogen) atoms. The van der Waals surface area contributed by atoms with Crippen LogP contribution in [0.4, 0.5) is 11.5 Å². The van der Waals surface area contributed by atoms with Gasteiger partial charge in [-0.05, 0) is 50.5 Å². The summed E-state index contributed by atoms with van der Waals surface area (Å²) in [6.07, 6.45) is 7.83. The Morgan fingerprint density at radius 3 is 2.42 bits per heavy atom. The highest BCUT2D eigenvalue weighted by atomic mass is 32.2. The van der Waals surface area contributed by atoms with Crippen molar-refractivity contribution < 1.29 is 8.42 Å². The van der Waals surface area contributed by atoms with Crippen molar-refractivity contribution in [1.29, 1.82) is 0 Å². The molecular weight excluding hydrogens is 346 g/mol. The third-order valence-electron chi connectivity index (χ3n) is 5.10. The first-order chi connectivity index (χ1) is 12.4. The highest BCUT2D eigenvalue weighted by Crippen LogP contribution is 2.26. The van der Waals surface area contributed by atoms with Gasteiger partial charge in [0.05, 0.1) is 16.8 Å². The summed E-state index contributed by atoms with van der Waals surface area (Å²) < 4.78 is 27.9. The van der Waals surface area contributed by atoms with Gasteiger partial charge in [0, 0.05) is 13.1 Å². The summed E-state index contributed by atoms with van der Waals surface area (Å²) in [5.41, 5.74) is 2.25. The molecule has 1 aliphatic carbocycles. The highest BCUT2D eigenvalue weighted by Gasteiger charge is 2.20. The molecule has 0 aliphatic heterocycles. The number of benzene rings is 1. The Morgan fingerprint density at radius 2 is 1.81 bits per heavy atom. The van der Waals surface area contributed by atoms with Gasteiger partial charge in [0.2, 0.25) is 0 Å². The fraction of sp³-hybridized carbons (Fsp3) is 0.450. The van der Waals surface area contributed by atoms with Gasteiger partial charge < -0.3 is 4.90 Å². The monoisotopic (exact) mass is 373 g/mol. The van der Waals surface area contributed by atoms with Gasteiger partial charge in [-0.2, -0.15) is 0 Å². The fourth-order valence-electron chi connectivity index (χ4n) is 3.62. The van der Waals surface area contributed by atoms with E-state index in [2.05, 4.69) is 21.7 Å². The number of aromatic nitrogens is 1. The van der Waals surface area contributed by atoms with Crippen LogP contribution in [0.2, 0.25) is 0 Å². The molecule has 0 spiro atoms. The van der Waals surface area contributed by atoms with Gasteiger partial charge in [0.15, 0.2) is 0 Å². The summed E-state index contributed by atoms with van der Waals surface area (Å²) in [5.74, 6) is 0.881. The SMILES string of the molecule is Cc1ccc(S(=O)(=O)Nc2ccc(N(C)C3CCCCC3)nc2)c(C)c1. The third-order valence-corrected chi connectivity index (χ3v) is 6.65. The third kappa shape index (κ3) is 4.18. The molecule has 0 bridgehead atoms. The molecule has 2 aromatic rings. The van der Waals surface area contributed by atoms with Crippen LogP contribution < -0.4 is 9.62 Å². The Labute approximate surface area is 156 Å². The van der Waals surface area contributed by atoms with Crippen molar-refractivity contribution in [3.05, 3.63) is 47.7 Å². The number of hydrogen-bond acceptors (Lipinski definition) is 4. The zero-order chi connectivity index (χ0) is 18.7. The second-order valence-corrected chi connectivity index (χ2v) is 8.83. The molecule has 0 saturated heterocycles. The van der Waals surface area contributed by atoms with Crippen LogP contribution in [-0.4, -0.2) is 26.5 Å².